The number of aromatic carboxylic acids is 1. The molecule has 0 aromatic carbocycles. The maximum atomic E-state index is 13.7. The van der Waals surface area contributed by atoms with Crippen molar-refractivity contribution in [1.29, 1.82) is 0 Å². The van der Waals surface area contributed by atoms with Crippen molar-refractivity contribution in [2.24, 2.45) is 0 Å². The summed E-state index contributed by atoms with van der Waals surface area (Å²) in [7, 11) is 0. The first kappa shape index (κ1) is 15.9. The van der Waals surface area contributed by atoms with E-state index in [-0.39, 0.29) is 30.2 Å². The predicted octanol–water partition coefficient (Wildman–Crippen LogP) is 1.64. The van der Waals surface area contributed by atoms with Crippen LogP contribution in [0.15, 0.2) is 12.3 Å². The lowest BCUT2D eigenvalue weighted by molar-refractivity contribution is -0.122. The number of halogens is 1. The third-order valence-electron chi connectivity index (χ3n) is 2.28. The van der Waals surface area contributed by atoms with Crippen LogP contribution in [0.3, 0.4) is 0 Å². The van der Waals surface area contributed by atoms with Gasteiger partial charge in [-0.2, -0.15) is 0 Å². The van der Waals surface area contributed by atoms with E-state index >= 15 is 0 Å². The quantitative estimate of drug-likeness (QED) is 0.764. The van der Waals surface area contributed by atoms with Crippen LogP contribution in [-0.2, 0) is 4.79 Å². The molecule has 1 rings (SSSR count). The molecule has 0 atom stereocenters. The summed E-state index contributed by atoms with van der Waals surface area (Å²) in [6.45, 7) is 5.73. The highest BCUT2D eigenvalue weighted by atomic mass is 19.1. The van der Waals surface area contributed by atoms with Gasteiger partial charge < -0.3 is 15.7 Å². The van der Waals surface area contributed by atoms with E-state index in [1.807, 2.05) is 20.8 Å². The first-order valence-electron chi connectivity index (χ1n) is 6.13. The molecule has 20 heavy (non-hydrogen) atoms. The van der Waals surface area contributed by atoms with E-state index in [2.05, 4.69) is 15.6 Å². The van der Waals surface area contributed by atoms with Crippen molar-refractivity contribution in [2.75, 3.05) is 11.9 Å². The van der Waals surface area contributed by atoms with E-state index in [1.54, 1.807) is 0 Å². The summed E-state index contributed by atoms with van der Waals surface area (Å²) >= 11 is 0. The van der Waals surface area contributed by atoms with Crippen LogP contribution in [0.1, 0.15) is 37.6 Å². The Morgan fingerprint density at radius 1 is 1.40 bits per heavy atom. The van der Waals surface area contributed by atoms with Crippen LogP contribution in [0.25, 0.3) is 0 Å². The molecule has 7 heteroatoms. The van der Waals surface area contributed by atoms with Gasteiger partial charge in [-0.25, -0.2) is 14.2 Å². The highest BCUT2D eigenvalue weighted by Crippen LogP contribution is 2.14. The van der Waals surface area contributed by atoms with Gasteiger partial charge in [0, 0.05) is 24.7 Å². The number of carbonyl (C=O) groups is 2. The topological polar surface area (TPSA) is 91.3 Å². The van der Waals surface area contributed by atoms with Crippen LogP contribution in [0.2, 0.25) is 0 Å². The summed E-state index contributed by atoms with van der Waals surface area (Å²) in [5, 5.41) is 14.1. The van der Waals surface area contributed by atoms with Gasteiger partial charge in [0.25, 0.3) is 0 Å². The smallest absolute Gasteiger partial charge is 0.338 e. The summed E-state index contributed by atoms with van der Waals surface area (Å²) in [6.07, 6.45) is 1.33. The van der Waals surface area contributed by atoms with Gasteiger partial charge in [-0.15, -0.1) is 0 Å². The fraction of sp³-hybridized carbons (Fsp3) is 0.462. The highest BCUT2D eigenvalue weighted by Gasteiger charge is 2.16. The molecule has 0 bridgehead atoms. The third kappa shape index (κ3) is 4.83. The second-order valence-corrected chi connectivity index (χ2v) is 5.30. The molecule has 0 aliphatic heterocycles. The molecular weight excluding hydrogens is 265 g/mol. The lowest BCUT2D eigenvalue weighted by Gasteiger charge is -2.20. The number of amides is 1. The monoisotopic (exact) mass is 283 g/mol. The Balaban J connectivity index is 2.57. The molecule has 0 spiro atoms. The van der Waals surface area contributed by atoms with Crippen molar-refractivity contribution < 1.29 is 19.1 Å². The highest BCUT2D eigenvalue weighted by molar-refractivity contribution is 5.88. The lowest BCUT2D eigenvalue weighted by Crippen LogP contribution is -2.41. The van der Waals surface area contributed by atoms with Gasteiger partial charge in [-0.1, -0.05) is 0 Å². The molecular formula is C13H18FN3O3. The van der Waals surface area contributed by atoms with E-state index in [0.717, 1.165) is 6.07 Å². The predicted molar refractivity (Wildman–Crippen MR) is 72.2 cm³/mol. The lowest BCUT2D eigenvalue weighted by atomic mass is 10.1. The zero-order valence-electron chi connectivity index (χ0n) is 11.7. The van der Waals surface area contributed by atoms with Crippen molar-refractivity contribution in [3.8, 4) is 0 Å². The number of nitrogens with one attached hydrogen (secondary N) is 2. The summed E-state index contributed by atoms with van der Waals surface area (Å²) < 4.78 is 13.7. The molecule has 0 aliphatic carbocycles. The molecule has 1 aromatic heterocycles. The Morgan fingerprint density at radius 2 is 2.05 bits per heavy atom. The molecule has 0 aliphatic rings. The van der Waals surface area contributed by atoms with Gasteiger partial charge in [0.2, 0.25) is 5.91 Å². The molecule has 1 heterocycles. The molecule has 6 nitrogen and oxygen atoms in total. The number of aromatic nitrogens is 1. The fourth-order valence-electron chi connectivity index (χ4n) is 1.51. The van der Waals surface area contributed by atoms with E-state index in [9.17, 15) is 14.0 Å². The van der Waals surface area contributed by atoms with Crippen LogP contribution >= 0.6 is 0 Å². The van der Waals surface area contributed by atoms with Crippen molar-refractivity contribution in [2.45, 2.75) is 32.7 Å². The average molecular weight is 283 g/mol. The zero-order valence-corrected chi connectivity index (χ0v) is 11.7. The number of pyridine rings is 1. The maximum Gasteiger partial charge on any atom is 0.338 e. The number of rotatable bonds is 5. The minimum Gasteiger partial charge on any atom is -0.478 e. The van der Waals surface area contributed by atoms with Crippen molar-refractivity contribution >= 4 is 17.7 Å². The van der Waals surface area contributed by atoms with Crippen molar-refractivity contribution in [3.05, 3.63) is 23.6 Å². The Labute approximate surface area is 116 Å². The number of hydrogen-bond acceptors (Lipinski definition) is 4. The Kier molecular flexibility index (Phi) is 5.01. The SMILES string of the molecule is CC(C)(C)NC(=O)CCNc1nccc(C(=O)O)c1F. The van der Waals surface area contributed by atoms with Gasteiger partial charge in [0.15, 0.2) is 11.6 Å². The first-order valence-corrected chi connectivity index (χ1v) is 6.13. The van der Waals surface area contributed by atoms with Gasteiger partial charge in [0.1, 0.15) is 5.56 Å². The summed E-state index contributed by atoms with van der Waals surface area (Å²) in [6, 6.07) is 1.08. The first-order chi connectivity index (χ1) is 9.20. The molecule has 0 radical (unpaired) electrons. The van der Waals surface area contributed by atoms with Crippen LogP contribution < -0.4 is 10.6 Å². The average Bonchev–Trinajstić information content (AvgIpc) is 2.28. The van der Waals surface area contributed by atoms with Gasteiger partial charge in [-0.05, 0) is 26.8 Å². The summed E-state index contributed by atoms with van der Waals surface area (Å²) in [4.78, 5) is 26.0. The molecule has 0 saturated heterocycles. The van der Waals surface area contributed by atoms with E-state index in [1.165, 1.54) is 6.20 Å². The molecule has 0 saturated carbocycles. The minimum atomic E-state index is -1.36. The second kappa shape index (κ2) is 6.31. The number of anilines is 1. The van der Waals surface area contributed by atoms with E-state index in [4.69, 9.17) is 5.11 Å². The largest absolute Gasteiger partial charge is 0.478 e. The summed E-state index contributed by atoms with van der Waals surface area (Å²) in [5.41, 5.74) is -0.786. The summed E-state index contributed by atoms with van der Waals surface area (Å²) in [5.74, 6) is -2.65. The van der Waals surface area contributed by atoms with Gasteiger partial charge in [-0.3, -0.25) is 4.79 Å². The standard InChI is InChI=1S/C13H18FN3O3/c1-13(2,3)17-9(18)5-7-16-11-10(14)8(12(19)20)4-6-15-11/h4,6H,5,7H2,1-3H3,(H,15,16)(H,17,18)(H,19,20). The molecule has 3 N–H and O–H groups in total. The third-order valence-corrected chi connectivity index (χ3v) is 2.28. The van der Waals surface area contributed by atoms with E-state index in [0.29, 0.717) is 0 Å². The van der Waals surface area contributed by atoms with E-state index < -0.39 is 17.3 Å². The number of hydrogen-bond donors (Lipinski definition) is 3. The maximum absolute atomic E-state index is 13.7. The van der Waals surface area contributed by atoms with Gasteiger partial charge >= 0.3 is 5.97 Å². The Bertz CT molecular complexity index is 512. The van der Waals surface area contributed by atoms with Crippen LogP contribution in [0, 0.1) is 5.82 Å². The normalized spacial score (nSPS) is 11.0. The van der Waals surface area contributed by atoms with Crippen LogP contribution in [-0.4, -0.2) is 34.1 Å². The second-order valence-electron chi connectivity index (χ2n) is 5.30. The molecule has 0 unspecified atom stereocenters. The van der Waals surface area contributed by atoms with Crippen LogP contribution in [0.5, 0.6) is 0 Å². The number of carboxylic acid groups (broad SMARTS) is 1. The molecule has 0 fully saturated rings. The van der Waals surface area contributed by atoms with Crippen LogP contribution in [0.4, 0.5) is 10.2 Å². The van der Waals surface area contributed by atoms with Crippen molar-refractivity contribution in [3.63, 3.8) is 0 Å². The molecule has 110 valence electrons. The molecule has 1 amide bonds. The zero-order chi connectivity index (χ0) is 15.3. The number of carboxylic acids is 1. The Morgan fingerprint density at radius 3 is 2.60 bits per heavy atom. The Hall–Kier alpha value is -2.18. The number of carbonyl (C=O) groups excluding carboxylic acids is 1. The van der Waals surface area contributed by atoms with Crippen molar-refractivity contribution in [1.82, 2.24) is 10.3 Å². The minimum absolute atomic E-state index is 0.135. The number of nitrogens with zero attached hydrogens (tertiary/aromatic N) is 1. The molecule has 1 aromatic rings. The van der Waals surface area contributed by atoms with Gasteiger partial charge in [0.05, 0.1) is 0 Å². The fourth-order valence-corrected chi connectivity index (χ4v) is 1.51.